The number of benzene rings is 3. The van der Waals surface area contributed by atoms with Gasteiger partial charge in [-0.1, -0.05) is 36.4 Å². The van der Waals surface area contributed by atoms with Gasteiger partial charge in [-0.05, 0) is 35.1 Å². The quantitative estimate of drug-likeness (QED) is 0.693. The van der Waals surface area contributed by atoms with Crippen LogP contribution in [0.4, 0.5) is 11.4 Å². The van der Waals surface area contributed by atoms with Crippen molar-refractivity contribution in [2.75, 3.05) is 36.8 Å². The monoisotopic (exact) mass is 357 g/mol. The molecule has 6 heteroatoms. The van der Waals surface area contributed by atoms with Crippen molar-refractivity contribution in [2.45, 2.75) is 0 Å². The van der Waals surface area contributed by atoms with Crippen LogP contribution in [-0.4, -0.2) is 44.1 Å². The van der Waals surface area contributed by atoms with Gasteiger partial charge in [0, 0.05) is 35.4 Å². The van der Waals surface area contributed by atoms with Crippen molar-refractivity contribution >= 4 is 40.5 Å². The summed E-state index contributed by atoms with van der Waals surface area (Å²) >= 11 is 0. The molecule has 0 atom stereocenters. The van der Waals surface area contributed by atoms with Gasteiger partial charge in [-0.2, -0.15) is 0 Å². The van der Waals surface area contributed by atoms with Crippen molar-refractivity contribution in [3.63, 3.8) is 0 Å². The molecule has 0 saturated carbocycles. The zero-order valence-electron chi connectivity index (χ0n) is 14.9. The summed E-state index contributed by atoms with van der Waals surface area (Å²) in [5, 5.41) is 9.57. The van der Waals surface area contributed by atoms with E-state index < -0.39 is 0 Å². The van der Waals surface area contributed by atoms with Crippen LogP contribution in [0.25, 0.3) is 10.8 Å². The maximum Gasteiger partial charge on any atom is 0.406 e. The summed E-state index contributed by atoms with van der Waals surface area (Å²) in [6.07, 6.45) is 0. The molecule has 27 heavy (non-hydrogen) atoms. The number of ether oxygens (including phenoxy) is 1. The van der Waals surface area contributed by atoms with E-state index in [2.05, 4.69) is 46.9 Å². The number of nitrogens with one attached hydrogen (secondary N) is 2. The first-order chi connectivity index (χ1) is 13.3. The third kappa shape index (κ3) is 2.92. The maximum absolute atomic E-state index is 12.6. The number of hydrogen-bond acceptors (Lipinski definition) is 4. The van der Waals surface area contributed by atoms with Crippen LogP contribution in [0.1, 0.15) is 10.4 Å². The summed E-state index contributed by atoms with van der Waals surface area (Å²) in [4.78, 5) is 14.5. The fourth-order valence-electron chi connectivity index (χ4n) is 3.86. The van der Waals surface area contributed by atoms with Gasteiger partial charge in [-0.15, -0.1) is 0 Å². The number of hydrogen-bond donors (Lipinski definition) is 2. The highest BCUT2D eigenvalue weighted by Gasteiger charge is 2.26. The fourth-order valence-corrected chi connectivity index (χ4v) is 3.86. The molecule has 1 fully saturated rings. The molecule has 0 aromatic heterocycles. The second-order valence-electron chi connectivity index (χ2n) is 6.96. The molecule has 3 aromatic carbocycles. The average molecular weight is 357 g/mol. The third-order valence-electron chi connectivity index (χ3n) is 5.29. The SMILES string of the molecule is O=C(c1ccc(B2Nc3cccc4cccc(c34)N2)cc1)N1CCOCC1. The van der Waals surface area contributed by atoms with Gasteiger partial charge in [0.05, 0.1) is 13.2 Å². The molecule has 2 heterocycles. The molecule has 1 saturated heterocycles. The topological polar surface area (TPSA) is 53.6 Å². The van der Waals surface area contributed by atoms with E-state index in [1.807, 2.05) is 29.2 Å². The predicted octanol–water partition coefficient (Wildman–Crippen LogP) is 2.54. The minimum atomic E-state index is -0.0296. The van der Waals surface area contributed by atoms with E-state index in [1.54, 1.807) is 0 Å². The average Bonchev–Trinajstić information content (AvgIpc) is 2.74. The zero-order valence-corrected chi connectivity index (χ0v) is 14.9. The molecule has 5 rings (SSSR count). The molecule has 2 aliphatic rings. The van der Waals surface area contributed by atoms with Crippen LogP contribution < -0.4 is 15.9 Å². The Morgan fingerprint density at radius 2 is 1.52 bits per heavy atom. The molecule has 0 unspecified atom stereocenters. The molecule has 134 valence electrons. The van der Waals surface area contributed by atoms with Gasteiger partial charge < -0.3 is 20.1 Å². The number of amides is 1. The smallest absolute Gasteiger partial charge is 0.405 e. The highest BCUT2D eigenvalue weighted by molar-refractivity contribution is 6.80. The summed E-state index contributed by atoms with van der Waals surface area (Å²) in [6.45, 7) is 2.52. The van der Waals surface area contributed by atoms with E-state index >= 15 is 0 Å². The largest absolute Gasteiger partial charge is 0.406 e. The molecule has 0 radical (unpaired) electrons. The minimum absolute atomic E-state index is 0.0296. The van der Waals surface area contributed by atoms with Crippen LogP contribution >= 0.6 is 0 Å². The molecular weight excluding hydrogens is 337 g/mol. The van der Waals surface area contributed by atoms with Crippen LogP contribution in [0.15, 0.2) is 60.7 Å². The van der Waals surface area contributed by atoms with E-state index in [4.69, 9.17) is 4.74 Å². The number of morpholine rings is 1. The Balaban J connectivity index is 1.39. The van der Waals surface area contributed by atoms with Gasteiger partial charge in [0.15, 0.2) is 0 Å². The normalized spacial score (nSPS) is 16.0. The highest BCUT2D eigenvalue weighted by atomic mass is 16.5. The molecule has 1 amide bonds. The fraction of sp³-hybridized carbons (Fsp3) is 0.190. The maximum atomic E-state index is 12.6. The Labute approximate surface area is 158 Å². The van der Waals surface area contributed by atoms with Gasteiger partial charge in [0.25, 0.3) is 5.91 Å². The molecular formula is C21H20BN3O2. The van der Waals surface area contributed by atoms with Crippen molar-refractivity contribution in [1.29, 1.82) is 0 Å². The Bertz CT molecular complexity index is 959. The molecule has 0 aliphatic carbocycles. The van der Waals surface area contributed by atoms with Crippen molar-refractivity contribution < 1.29 is 9.53 Å². The van der Waals surface area contributed by atoms with E-state index in [0.717, 1.165) is 22.4 Å². The summed E-state index contributed by atoms with van der Waals surface area (Å²) in [7, 11) is 0. The number of anilines is 2. The Morgan fingerprint density at radius 1 is 0.889 bits per heavy atom. The lowest BCUT2D eigenvalue weighted by molar-refractivity contribution is 0.0303. The van der Waals surface area contributed by atoms with E-state index in [9.17, 15) is 4.79 Å². The first-order valence-electron chi connectivity index (χ1n) is 9.31. The highest BCUT2D eigenvalue weighted by Crippen LogP contribution is 2.33. The lowest BCUT2D eigenvalue weighted by atomic mass is 9.66. The van der Waals surface area contributed by atoms with E-state index in [-0.39, 0.29) is 12.9 Å². The first-order valence-corrected chi connectivity index (χ1v) is 9.31. The van der Waals surface area contributed by atoms with Crippen molar-refractivity contribution in [3.8, 4) is 0 Å². The lowest BCUT2D eigenvalue weighted by Gasteiger charge is -2.28. The first kappa shape index (κ1) is 16.2. The van der Waals surface area contributed by atoms with Crippen molar-refractivity contribution in [1.82, 2.24) is 4.90 Å². The van der Waals surface area contributed by atoms with Gasteiger partial charge in [-0.25, -0.2) is 0 Å². The Kier molecular flexibility index (Phi) is 3.98. The summed E-state index contributed by atoms with van der Waals surface area (Å²) in [5.74, 6) is 0.0736. The van der Waals surface area contributed by atoms with Gasteiger partial charge >= 0.3 is 6.98 Å². The summed E-state index contributed by atoms with van der Waals surface area (Å²) in [5.41, 5.74) is 4.07. The lowest BCUT2D eigenvalue weighted by Crippen LogP contribution is -2.48. The number of carbonyl (C=O) groups is 1. The van der Waals surface area contributed by atoms with Gasteiger partial charge in [0.2, 0.25) is 0 Å². The Hall–Kier alpha value is -2.99. The second kappa shape index (κ2) is 6.63. The molecule has 2 N–H and O–H groups in total. The summed E-state index contributed by atoms with van der Waals surface area (Å²) < 4.78 is 5.33. The summed E-state index contributed by atoms with van der Waals surface area (Å²) in [6, 6.07) is 20.5. The third-order valence-corrected chi connectivity index (χ3v) is 5.29. The van der Waals surface area contributed by atoms with Gasteiger partial charge in [-0.3, -0.25) is 4.79 Å². The Morgan fingerprint density at radius 3 is 2.15 bits per heavy atom. The molecule has 5 nitrogen and oxygen atoms in total. The minimum Gasteiger partial charge on any atom is -0.405 e. The number of rotatable bonds is 2. The second-order valence-corrected chi connectivity index (χ2v) is 6.96. The van der Waals surface area contributed by atoms with Crippen LogP contribution in [-0.2, 0) is 4.74 Å². The van der Waals surface area contributed by atoms with Crippen molar-refractivity contribution in [3.05, 3.63) is 66.2 Å². The molecule has 0 spiro atoms. The van der Waals surface area contributed by atoms with Crippen LogP contribution in [0.5, 0.6) is 0 Å². The van der Waals surface area contributed by atoms with Crippen molar-refractivity contribution in [2.24, 2.45) is 0 Å². The number of carbonyl (C=O) groups excluding carboxylic acids is 1. The van der Waals surface area contributed by atoms with E-state index in [1.165, 1.54) is 10.8 Å². The molecule has 0 bridgehead atoms. The molecule has 3 aromatic rings. The number of nitrogens with zero attached hydrogens (tertiary/aromatic N) is 1. The van der Waals surface area contributed by atoms with Crippen LogP contribution in [0.2, 0.25) is 0 Å². The van der Waals surface area contributed by atoms with Crippen LogP contribution in [0.3, 0.4) is 0 Å². The van der Waals surface area contributed by atoms with Crippen LogP contribution in [0, 0.1) is 0 Å². The zero-order chi connectivity index (χ0) is 18.2. The van der Waals surface area contributed by atoms with E-state index in [0.29, 0.717) is 26.3 Å². The predicted molar refractivity (Wildman–Crippen MR) is 110 cm³/mol. The molecule has 2 aliphatic heterocycles. The standard InChI is InChI=1S/C21H20BN3O2/c26-21(25-11-13-27-14-12-25)16-7-9-17(10-8-16)22-23-18-5-1-3-15-4-2-6-19(24-22)20(15)18/h1-10,23-24H,11-14H2. The van der Waals surface area contributed by atoms with Gasteiger partial charge in [0.1, 0.15) is 0 Å².